The average Bonchev–Trinajstić information content (AvgIpc) is 3.72. The molecule has 8 rings (SSSR count). The number of nitrogens with zero attached hydrogens (tertiary/aromatic N) is 3. The summed E-state index contributed by atoms with van der Waals surface area (Å²) in [5.74, 6) is -0.693. The number of aryl methyl sites for hydroxylation is 1. The number of fused-ring (bicyclic) bond motifs is 2. The Morgan fingerprint density at radius 1 is 0.925 bits per heavy atom. The van der Waals surface area contributed by atoms with E-state index in [1.54, 1.807) is 62.4 Å². The highest BCUT2D eigenvalue weighted by atomic mass is 35.5. The van der Waals surface area contributed by atoms with Crippen LogP contribution in [0.15, 0.2) is 108 Å². The van der Waals surface area contributed by atoms with E-state index in [1.165, 1.54) is 31.1 Å². The third-order valence-electron chi connectivity index (χ3n) is 11.6. The molecule has 348 valence electrons. The van der Waals surface area contributed by atoms with Crippen molar-refractivity contribution in [2.75, 3.05) is 25.2 Å². The highest BCUT2D eigenvalue weighted by Crippen LogP contribution is 2.42. The Labute approximate surface area is 401 Å². The molecule has 1 unspecified atom stereocenters. The Bertz CT molecular complexity index is 2940. The fourth-order valence-corrected chi connectivity index (χ4v) is 11.3. The van der Waals surface area contributed by atoms with E-state index in [2.05, 4.69) is 10.3 Å². The number of anilines is 1. The minimum atomic E-state index is -4.54. The molecule has 2 aliphatic rings. The number of carbonyl (C=O) groups excluding carboxylic acids is 3. The number of hydrogen-bond acceptors (Lipinski definition) is 11. The van der Waals surface area contributed by atoms with E-state index in [9.17, 15) is 27.2 Å². The first-order valence-electron chi connectivity index (χ1n) is 21.2. The molecule has 3 heterocycles. The van der Waals surface area contributed by atoms with Gasteiger partial charge >= 0.3 is 5.97 Å². The first-order chi connectivity index (χ1) is 32.1. The second-order valence-corrected chi connectivity index (χ2v) is 19.8. The van der Waals surface area contributed by atoms with E-state index in [-0.39, 0.29) is 61.0 Å². The van der Waals surface area contributed by atoms with Gasteiger partial charge in [-0.2, -0.15) is 4.31 Å². The number of halogens is 3. The van der Waals surface area contributed by atoms with Crippen LogP contribution in [0.5, 0.6) is 17.2 Å². The maximum Gasteiger partial charge on any atom is 0.328 e. The molecule has 0 radical (unpaired) electrons. The van der Waals surface area contributed by atoms with Gasteiger partial charge in [-0.05, 0) is 108 Å². The molecule has 2 amide bonds. The van der Waals surface area contributed by atoms with Crippen LogP contribution in [0.4, 0.5) is 9.52 Å². The fourth-order valence-electron chi connectivity index (χ4n) is 7.98. The van der Waals surface area contributed by atoms with Gasteiger partial charge in [0.2, 0.25) is 11.8 Å². The topological polar surface area (TPSA) is 154 Å². The van der Waals surface area contributed by atoms with Gasteiger partial charge in [0.15, 0.2) is 27.8 Å². The minimum absolute atomic E-state index is 0.0267. The van der Waals surface area contributed by atoms with Crippen molar-refractivity contribution in [3.8, 4) is 28.4 Å². The first-order valence-corrected chi connectivity index (χ1v) is 24.3. The Balaban J connectivity index is 1.05. The fraction of sp³-hybridized carbons (Fsp3) is 0.265. The second-order valence-electron chi connectivity index (χ2n) is 16.0. The van der Waals surface area contributed by atoms with E-state index >= 15 is 0 Å². The van der Waals surface area contributed by atoms with Crippen LogP contribution in [-0.4, -0.2) is 67.8 Å². The Hall–Kier alpha value is -6.04. The van der Waals surface area contributed by atoms with Crippen molar-refractivity contribution in [2.24, 2.45) is 0 Å². The first kappa shape index (κ1) is 47.5. The maximum atomic E-state index is 14.9. The molecule has 6 aromatic rings. The third-order valence-corrected chi connectivity index (χ3v) is 15.3. The number of ether oxygens (including phenoxy) is 4. The van der Waals surface area contributed by atoms with Crippen molar-refractivity contribution >= 4 is 67.5 Å². The van der Waals surface area contributed by atoms with Gasteiger partial charge in [-0.15, -0.1) is 11.3 Å². The van der Waals surface area contributed by atoms with Gasteiger partial charge in [-0.25, -0.2) is 22.6 Å². The van der Waals surface area contributed by atoms with Crippen LogP contribution in [0, 0.1) is 12.7 Å². The highest BCUT2D eigenvalue weighted by molar-refractivity contribution is 7.89. The average molecular weight is 988 g/mol. The van der Waals surface area contributed by atoms with Gasteiger partial charge in [0.25, 0.3) is 10.0 Å². The zero-order valence-corrected chi connectivity index (χ0v) is 39.9. The monoisotopic (exact) mass is 986 g/mol. The number of esters is 1. The van der Waals surface area contributed by atoms with Gasteiger partial charge in [-0.1, -0.05) is 77.8 Å². The maximum absolute atomic E-state index is 14.9. The molecule has 67 heavy (non-hydrogen) atoms. The number of carbonyl (C=O) groups is 3. The van der Waals surface area contributed by atoms with Crippen molar-refractivity contribution in [1.82, 2.24) is 14.6 Å². The molecule has 0 bridgehead atoms. The number of thiazole rings is 1. The summed E-state index contributed by atoms with van der Waals surface area (Å²) in [5, 5.41) is 3.61. The lowest BCUT2D eigenvalue weighted by atomic mass is 9.94. The zero-order chi connectivity index (χ0) is 47.6. The number of amides is 2. The molecule has 1 N–H and O–H groups in total. The van der Waals surface area contributed by atoms with Crippen LogP contribution < -0.4 is 24.4 Å². The predicted octanol–water partition coefficient (Wildman–Crippen LogP) is 9.04. The second kappa shape index (κ2) is 20.1. The predicted molar refractivity (Wildman–Crippen MR) is 253 cm³/mol. The summed E-state index contributed by atoms with van der Waals surface area (Å²) < 4.78 is 68.1. The van der Waals surface area contributed by atoms with E-state index in [1.807, 2.05) is 42.5 Å². The Morgan fingerprint density at radius 3 is 2.25 bits per heavy atom. The highest BCUT2D eigenvalue weighted by Gasteiger charge is 2.44. The van der Waals surface area contributed by atoms with Gasteiger partial charge in [0.05, 0.1) is 17.2 Å². The number of methoxy groups -OCH3 is 1. The quantitative estimate of drug-likeness (QED) is 0.105. The smallest absolute Gasteiger partial charge is 0.328 e. The molecule has 18 heteroatoms. The van der Waals surface area contributed by atoms with Gasteiger partial charge in [-0.3, -0.25) is 14.5 Å². The van der Waals surface area contributed by atoms with Crippen LogP contribution in [0.25, 0.3) is 11.1 Å². The standard InChI is InChI=1S/C49H45Cl2FN4O9S2/c1-5-55(29(3)57)49-54-47(28(2)66-49)67(60,61)56-25-36-24-44-43(64-27-45(65-44)34-13-17-38(18-14-34)63-26-31-8-19-39(50)40(51)20-31)23-35(36)22-42(56)46(58)53-41(48(59)62-4)21-30-6-9-32(10-7-30)33-11-15-37(52)16-12-33/h6-20,23-24,41-42,45H,5,21-22,25-27H2,1-4H3,(H,53,58)/t41?,42-,45+/m0/s1. The normalized spacial score (nSPS) is 16.1. The molecule has 2 aliphatic heterocycles. The summed E-state index contributed by atoms with van der Waals surface area (Å²) in [4.78, 5) is 46.5. The van der Waals surface area contributed by atoms with Crippen LogP contribution >= 0.6 is 34.5 Å². The molecule has 0 saturated heterocycles. The third kappa shape index (κ3) is 10.4. The zero-order valence-electron chi connectivity index (χ0n) is 36.8. The number of hydrogen-bond donors (Lipinski definition) is 1. The van der Waals surface area contributed by atoms with Gasteiger partial charge < -0.3 is 24.3 Å². The van der Waals surface area contributed by atoms with Gasteiger partial charge in [0.1, 0.15) is 36.9 Å². The molecule has 0 spiro atoms. The SMILES string of the molecule is CCN(C(C)=O)c1nc(S(=O)(=O)N2Cc3cc4c(cc3C[C@H]2C(=O)NC(Cc2ccc(-c3ccc(F)cc3)cc2)C(=O)OC)OC[C@H](c2ccc(OCc3ccc(Cl)c(Cl)c3)cc2)O4)c(C)s1. The summed E-state index contributed by atoms with van der Waals surface area (Å²) in [6, 6.07) is 26.9. The van der Waals surface area contributed by atoms with Crippen molar-refractivity contribution in [3.05, 3.63) is 152 Å². The van der Waals surface area contributed by atoms with Crippen molar-refractivity contribution in [1.29, 1.82) is 0 Å². The lowest BCUT2D eigenvalue weighted by Crippen LogP contribution is -2.56. The number of rotatable bonds is 14. The van der Waals surface area contributed by atoms with E-state index in [0.29, 0.717) is 48.9 Å². The summed E-state index contributed by atoms with van der Waals surface area (Å²) in [6.07, 6.45) is -0.571. The number of aromatic nitrogens is 1. The summed E-state index contributed by atoms with van der Waals surface area (Å²) >= 11 is 13.3. The van der Waals surface area contributed by atoms with Crippen molar-refractivity contribution in [2.45, 2.75) is 70.0 Å². The lowest BCUT2D eigenvalue weighted by Gasteiger charge is -2.36. The van der Waals surface area contributed by atoms with Crippen LogP contribution in [0.1, 0.15) is 52.6 Å². The lowest BCUT2D eigenvalue weighted by molar-refractivity contribution is -0.145. The molecular weight excluding hydrogens is 943 g/mol. The van der Waals surface area contributed by atoms with Crippen LogP contribution in [-0.2, 0) is 55.1 Å². The minimum Gasteiger partial charge on any atom is -0.489 e. The summed E-state index contributed by atoms with van der Waals surface area (Å²) in [5.41, 5.74) is 5.19. The van der Waals surface area contributed by atoms with Crippen LogP contribution in [0.2, 0.25) is 10.0 Å². The largest absolute Gasteiger partial charge is 0.489 e. The molecule has 1 aromatic heterocycles. The molecule has 5 aromatic carbocycles. The molecular formula is C49H45Cl2FN4O9S2. The molecule has 13 nitrogen and oxygen atoms in total. The molecule has 3 atom stereocenters. The molecule has 0 saturated carbocycles. The summed E-state index contributed by atoms with van der Waals surface area (Å²) in [6.45, 7) is 5.19. The van der Waals surface area contributed by atoms with Crippen molar-refractivity contribution in [3.63, 3.8) is 0 Å². The number of sulfonamides is 1. The number of benzene rings is 5. The van der Waals surface area contributed by atoms with Crippen LogP contribution in [0.3, 0.4) is 0 Å². The van der Waals surface area contributed by atoms with E-state index in [4.69, 9.17) is 42.1 Å². The number of nitrogens with one attached hydrogen (secondary N) is 1. The van der Waals surface area contributed by atoms with Crippen molar-refractivity contribution < 1.29 is 46.1 Å². The molecule has 0 fully saturated rings. The summed E-state index contributed by atoms with van der Waals surface area (Å²) in [7, 11) is -3.33. The Kier molecular flexibility index (Phi) is 14.2. The van der Waals surface area contributed by atoms with E-state index in [0.717, 1.165) is 37.9 Å². The van der Waals surface area contributed by atoms with E-state index < -0.39 is 40.1 Å². The molecule has 0 aliphatic carbocycles. The Morgan fingerprint density at radius 2 is 1.60 bits per heavy atom. The van der Waals surface area contributed by atoms with Gasteiger partial charge in [0, 0.05) is 31.3 Å².